The summed E-state index contributed by atoms with van der Waals surface area (Å²) in [7, 11) is 0. The maximum atomic E-state index is 12.9. The van der Waals surface area contributed by atoms with E-state index >= 15 is 0 Å². The molecular formula is C10H12F7NO3. The summed E-state index contributed by atoms with van der Waals surface area (Å²) in [5.74, 6) is -15.4. The summed E-state index contributed by atoms with van der Waals surface area (Å²) in [5.41, 5.74) is 0. The molecule has 0 aliphatic carbocycles. The minimum Gasteiger partial charge on any atom is -0.460 e. The van der Waals surface area contributed by atoms with Crippen LogP contribution in [0.2, 0.25) is 0 Å². The van der Waals surface area contributed by atoms with Crippen LogP contribution < -0.4 is 0 Å². The van der Waals surface area contributed by atoms with Gasteiger partial charge in [-0.1, -0.05) is 0 Å². The van der Waals surface area contributed by atoms with Gasteiger partial charge in [0, 0.05) is 19.6 Å². The molecule has 0 atom stereocenters. The van der Waals surface area contributed by atoms with Crippen LogP contribution in [0.25, 0.3) is 0 Å². The van der Waals surface area contributed by atoms with Crippen molar-refractivity contribution >= 4 is 5.97 Å². The third kappa shape index (κ3) is 3.96. The summed E-state index contributed by atoms with van der Waals surface area (Å²) in [6.07, 6.45) is -6.56. The molecule has 0 unspecified atom stereocenters. The van der Waals surface area contributed by atoms with Crippen LogP contribution in [0, 0.1) is 0 Å². The first-order valence-electron chi connectivity index (χ1n) is 5.80. The lowest BCUT2D eigenvalue weighted by atomic mass is 10.1. The molecule has 1 aliphatic heterocycles. The summed E-state index contributed by atoms with van der Waals surface area (Å²) in [6, 6.07) is 0. The molecule has 1 aliphatic rings. The number of rotatable bonds is 5. The Morgan fingerprint density at radius 2 is 1.57 bits per heavy atom. The van der Waals surface area contributed by atoms with Crippen molar-refractivity contribution < 1.29 is 45.0 Å². The van der Waals surface area contributed by atoms with E-state index in [1.165, 1.54) is 0 Å². The van der Waals surface area contributed by atoms with Crippen molar-refractivity contribution in [3.8, 4) is 0 Å². The van der Waals surface area contributed by atoms with Crippen molar-refractivity contribution in [2.45, 2.75) is 18.0 Å². The minimum absolute atomic E-state index is 0.0667. The van der Waals surface area contributed by atoms with Crippen molar-refractivity contribution in [2.24, 2.45) is 0 Å². The Balaban J connectivity index is 2.53. The number of nitrogens with zero attached hydrogens (tertiary/aromatic N) is 1. The number of carbonyl (C=O) groups is 1. The highest BCUT2D eigenvalue weighted by molar-refractivity contribution is 5.79. The molecular weight excluding hydrogens is 315 g/mol. The van der Waals surface area contributed by atoms with Gasteiger partial charge in [-0.3, -0.25) is 4.90 Å². The molecule has 1 saturated heterocycles. The van der Waals surface area contributed by atoms with Crippen LogP contribution in [0.5, 0.6) is 0 Å². The molecule has 0 amide bonds. The van der Waals surface area contributed by atoms with E-state index in [2.05, 4.69) is 4.74 Å². The maximum Gasteiger partial charge on any atom is 0.460 e. The molecule has 124 valence electrons. The number of alkyl halides is 7. The van der Waals surface area contributed by atoms with Crippen molar-refractivity contribution in [3.63, 3.8) is 0 Å². The normalized spacial score (nSPS) is 18.6. The summed E-state index contributed by atoms with van der Waals surface area (Å²) in [5, 5.41) is 0. The lowest BCUT2D eigenvalue weighted by Gasteiger charge is -2.28. The number of carbonyl (C=O) groups excluding carboxylic acids is 1. The second kappa shape index (κ2) is 6.34. The first kappa shape index (κ1) is 18.0. The molecule has 0 N–H and O–H groups in total. The molecule has 0 aromatic heterocycles. The van der Waals surface area contributed by atoms with Crippen LogP contribution in [-0.2, 0) is 14.3 Å². The van der Waals surface area contributed by atoms with Crippen LogP contribution in [0.15, 0.2) is 0 Å². The molecule has 0 saturated carbocycles. The zero-order chi connectivity index (χ0) is 16.3. The Morgan fingerprint density at radius 1 is 1.05 bits per heavy atom. The molecule has 0 aromatic carbocycles. The quantitative estimate of drug-likeness (QED) is 0.569. The molecule has 1 fully saturated rings. The average molecular weight is 327 g/mol. The van der Waals surface area contributed by atoms with E-state index in [-0.39, 0.29) is 6.54 Å². The Labute approximate surface area is 114 Å². The van der Waals surface area contributed by atoms with Gasteiger partial charge in [0.1, 0.15) is 6.61 Å². The van der Waals surface area contributed by atoms with Gasteiger partial charge < -0.3 is 9.47 Å². The Bertz CT molecular complexity index is 366. The number of halogens is 7. The molecule has 11 heteroatoms. The summed E-state index contributed by atoms with van der Waals surface area (Å²) in [4.78, 5) is 12.4. The van der Waals surface area contributed by atoms with Crippen molar-refractivity contribution in [2.75, 3.05) is 39.5 Å². The summed E-state index contributed by atoms with van der Waals surface area (Å²) in [6.45, 7) is 0.747. The second-order valence-corrected chi connectivity index (χ2v) is 4.24. The largest absolute Gasteiger partial charge is 0.460 e. The van der Waals surface area contributed by atoms with E-state index < -0.39 is 30.6 Å². The van der Waals surface area contributed by atoms with E-state index in [0.29, 0.717) is 26.3 Å². The fourth-order valence-electron chi connectivity index (χ4n) is 1.49. The highest BCUT2D eigenvalue weighted by Gasteiger charge is 2.77. The molecule has 4 nitrogen and oxygen atoms in total. The van der Waals surface area contributed by atoms with Gasteiger partial charge in [0.25, 0.3) is 0 Å². The number of hydrogen-bond acceptors (Lipinski definition) is 4. The zero-order valence-corrected chi connectivity index (χ0v) is 10.6. The van der Waals surface area contributed by atoms with Gasteiger partial charge >= 0.3 is 24.0 Å². The highest BCUT2D eigenvalue weighted by atomic mass is 19.4. The molecule has 0 aromatic rings. The molecule has 1 rings (SSSR count). The van der Waals surface area contributed by atoms with E-state index in [4.69, 9.17) is 4.74 Å². The van der Waals surface area contributed by atoms with Crippen LogP contribution in [0.1, 0.15) is 0 Å². The predicted octanol–water partition coefficient (Wildman–Crippen LogP) is 1.69. The second-order valence-electron chi connectivity index (χ2n) is 4.24. The predicted molar refractivity (Wildman–Crippen MR) is 54.2 cm³/mol. The maximum absolute atomic E-state index is 12.9. The third-order valence-corrected chi connectivity index (χ3v) is 2.75. The SMILES string of the molecule is O=C(OCCN1CCOCC1)C(F)(F)C(F)(F)C(F)(F)F. The third-order valence-electron chi connectivity index (χ3n) is 2.75. The fraction of sp³-hybridized carbons (Fsp3) is 0.900. The number of ether oxygens (including phenoxy) is 2. The fourth-order valence-corrected chi connectivity index (χ4v) is 1.49. The van der Waals surface area contributed by atoms with Gasteiger partial charge in [-0.2, -0.15) is 30.7 Å². The van der Waals surface area contributed by atoms with E-state index in [0.717, 1.165) is 0 Å². The van der Waals surface area contributed by atoms with Crippen LogP contribution >= 0.6 is 0 Å². The van der Waals surface area contributed by atoms with E-state index in [1.807, 2.05) is 0 Å². The lowest BCUT2D eigenvalue weighted by Crippen LogP contribution is -2.56. The Hall–Kier alpha value is -1.10. The van der Waals surface area contributed by atoms with Crippen LogP contribution in [0.4, 0.5) is 30.7 Å². The molecule has 0 spiro atoms. The monoisotopic (exact) mass is 327 g/mol. The van der Waals surface area contributed by atoms with Gasteiger partial charge in [0.05, 0.1) is 13.2 Å². The van der Waals surface area contributed by atoms with E-state index in [1.54, 1.807) is 4.90 Å². The smallest absolute Gasteiger partial charge is 0.460 e. The van der Waals surface area contributed by atoms with Gasteiger partial charge in [-0.15, -0.1) is 0 Å². The van der Waals surface area contributed by atoms with Gasteiger partial charge in [0.2, 0.25) is 0 Å². The molecule has 1 heterocycles. The van der Waals surface area contributed by atoms with Crippen molar-refractivity contribution in [1.29, 1.82) is 0 Å². The minimum atomic E-state index is -6.56. The van der Waals surface area contributed by atoms with Crippen LogP contribution in [0.3, 0.4) is 0 Å². The van der Waals surface area contributed by atoms with Gasteiger partial charge in [0.15, 0.2) is 0 Å². The molecule has 0 bridgehead atoms. The van der Waals surface area contributed by atoms with E-state index in [9.17, 15) is 35.5 Å². The summed E-state index contributed by atoms with van der Waals surface area (Å²) >= 11 is 0. The first-order valence-corrected chi connectivity index (χ1v) is 5.80. The van der Waals surface area contributed by atoms with Gasteiger partial charge in [-0.25, -0.2) is 4.79 Å². The first-order chi connectivity index (χ1) is 9.50. The standard InChI is InChI=1S/C10H12F7NO3/c11-8(12,9(13,14)10(15,16)17)7(19)21-6-3-18-1-4-20-5-2-18/h1-6H2. The average Bonchev–Trinajstić information content (AvgIpc) is 2.38. The zero-order valence-electron chi connectivity index (χ0n) is 10.6. The summed E-state index contributed by atoms with van der Waals surface area (Å²) < 4.78 is 95.2. The van der Waals surface area contributed by atoms with Crippen molar-refractivity contribution in [3.05, 3.63) is 0 Å². The lowest BCUT2D eigenvalue weighted by molar-refractivity contribution is -0.348. The number of esters is 1. The molecule has 21 heavy (non-hydrogen) atoms. The Kier molecular flexibility index (Phi) is 5.42. The molecule has 0 radical (unpaired) electrons. The topological polar surface area (TPSA) is 38.8 Å². The van der Waals surface area contributed by atoms with Crippen LogP contribution in [-0.4, -0.2) is 68.3 Å². The highest BCUT2D eigenvalue weighted by Crippen LogP contribution is 2.46. The Morgan fingerprint density at radius 3 is 2.05 bits per heavy atom. The van der Waals surface area contributed by atoms with Gasteiger partial charge in [-0.05, 0) is 0 Å². The number of hydrogen-bond donors (Lipinski definition) is 0. The van der Waals surface area contributed by atoms with Crippen molar-refractivity contribution in [1.82, 2.24) is 4.90 Å². The number of morpholine rings is 1.